The third-order valence-electron chi connectivity index (χ3n) is 2.74. The molecular formula is C11H16N10. The molecule has 110 valence electrons. The van der Waals surface area contributed by atoms with Crippen LogP contribution in [-0.4, -0.2) is 42.8 Å². The Hall–Kier alpha value is -2.80. The van der Waals surface area contributed by atoms with Crippen LogP contribution in [0.5, 0.6) is 0 Å². The van der Waals surface area contributed by atoms with Crippen LogP contribution in [0.2, 0.25) is 0 Å². The molecule has 0 aliphatic heterocycles. The van der Waals surface area contributed by atoms with Gasteiger partial charge in [-0.15, -0.1) is 0 Å². The molecule has 1 atom stereocenters. The molecule has 0 radical (unpaired) electrons. The number of nitrogen functional groups attached to an aromatic ring is 1. The number of hydrazine groups is 1. The number of rotatable bonds is 6. The largest absolute Gasteiger partial charge is 0.340 e. The number of aromatic nitrogens is 6. The molecule has 0 saturated carbocycles. The molecule has 10 heteroatoms. The molecule has 0 saturated heterocycles. The van der Waals surface area contributed by atoms with Crippen molar-refractivity contribution >= 4 is 11.9 Å². The molecule has 2 aromatic heterocycles. The van der Waals surface area contributed by atoms with E-state index in [0.29, 0.717) is 25.0 Å². The van der Waals surface area contributed by atoms with Gasteiger partial charge in [0.1, 0.15) is 12.7 Å². The lowest BCUT2D eigenvalue weighted by Crippen LogP contribution is -2.30. The van der Waals surface area contributed by atoms with Gasteiger partial charge in [0, 0.05) is 13.1 Å². The van der Waals surface area contributed by atoms with Gasteiger partial charge in [0.05, 0.1) is 12.0 Å². The second kappa shape index (κ2) is 6.58. The lowest BCUT2D eigenvalue weighted by atomic mass is 10.2. The van der Waals surface area contributed by atoms with Gasteiger partial charge in [-0.3, -0.25) is 5.43 Å². The van der Waals surface area contributed by atoms with E-state index in [1.807, 2.05) is 18.7 Å². The van der Waals surface area contributed by atoms with Crippen molar-refractivity contribution in [2.75, 3.05) is 23.4 Å². The van der Waals surface area contributed by atoms with Crippen molar-refractivity contribution < 1.29 is 0 Å². The van der Waals surface area contributed by atoms with E-state index in [9.17, 15) is 0 Å². The van der Waals surface area contributed by atoms with Gasteiger partial charge in [0.25, 0.3) is 5.95 Å². The summed E-state index contributed by atoms with van der Waals surface area (Å²) in [5.74, 6) is 6.18. The van der Waals surface area contributed by atoms with Crippen molar-refractivity contribution in [1.82, 2.24) is 29.7 Å². The SMILES string of the molecule is CCN(CC(C)C#N)c1nc(NN)nc(-n2cncn2)n1. The van der Waals surface area contributed by atoms with E-state index < -0.39 is 0 Å². The van der Waals surface area contributed by atoms with Gasteiger partial charge in [-0.25, -0.2) is 10.8 Å². The number of nitriles is 1. The Morgan fingerprint density at radius 3 is 2.86 bits per heavy atom. The number of hydrogen-bond donors (Lipinski definition) is 2. The molecule has 0 aromatic carbocycles. The monoisotopic (exact) mass is 288 g/mol. The van der Waals surface area contributed by atoms with E-state index in [4.69, 9.17) is 11.1 Å². The Morgan fingerprint density at radius 2 is 2.29 bits per heavy atom. The number of anilines is 2. The molecule has 10 nitrogen and oxygen atoms in total. The van der Waals surface area contributed by atoms with Crippen LogP contribution >= 0.6 is 0 Å². The van der Waals surface area contributed by atoms with Gasteiger partial charge in [-0.05, 0) is 13.8 Å². The topological polar surface area (TPSA) is 134 Å². The molecule has 21 heavy (non-hydrogen) atoms. The highest BCUT2D eigenvalue weighted by Gasteiger charge is 2.15. The summed E-state index contributed by atoms with van der Waals surface area (Å²) in [6, 6.07) is 2.19. The van der Waals surface area contributed by atoms with Crippen molar-refractivity contribution in [3.05, 3.63) is 12.7 Å². The van der Waals surface area contributed by atoms with Crippen LogP contribution in [0, 0.1) is 17.2 Å². The Kier molecular flexibility index (Phi) is 4.57. The summed E-state index contributed by atoms with van der Waals surface area (Å²) >= 11 is 0. The Labute approximate surface area is 121 Å². The zero-order valence-electron chi connectivity index (χ0n) is 11.8. The molecule has 3 N–H and O–H groups in total. The minimum absolute atomic E-state index is 0.147. The summed E-state index contributed by atoms with van der Waals surface area (Å²) in [7, 11) is 0. The maximum atomic E-state index is 8.95. The molecule has 0 fully saturated rings. The average molecular weight is 288 g/mol. The van der Waals surface area contributed by atoms with Crippen molar-refractivity contribution in [3.63, 3.8) is 0 Å². The summed E-state index contributed by atoms with van der Waals surface area (Å²) in [5.41, 5.74) is 2.40. The van der Waals surface area contributed by atoms with Crippen LogP contribution in [0.1, 0.15) is 13.8 Å². The van der Waals surface area contributed by atoms with Gasteiger partial charge < -0.3 is 4.90 Å². The zero-order valence-corrected chi connectivity index (χ0v) is 11.8. The van der Waals surface area contributed by atoms with Gasteiger partial charge in [-0.1, -0.05) is 0 Å². The highest BCUT2D eigenvalue weighted by molar-refractivity contribution is 5.39. The van der Waals surface area contributed by atoms with Crippen LogP contribution in [0.25, 0.3) is 5.95 Å². The standard InChI is InChI=1S/C11H16N10/c1-3-20(5-8(2)4-12)10-16-9(19-13)17-11(18-10)21-7-14-6-15-21/h6-8H,3,5,13H2,1-2H3,(H,16,17,18,19). The fourth-order valence-corrected chi connectivity index (χ4v) is 1.70. The summed E-state index contributed by atoms with van der Waals surface area (Å²) in [5, 5.41) is 12.9. The van der Waals surface area contributed by atoms with E-state index in [1.165, 1.54) is 17.3 Å². The predicted octanol–water partition coefficient (Wildman–Crippen LogP) is -0.276. The van der Waals surface area contributed by atoms with E-state index in [2.05, 4.69) is 36.5 Å². The Bertz CT molecular complexity index is 616. The lowest BCUT2D eigenvalue weighted by molar-refractivity contribution is 0.664. The first-order valence-electron chi connectivity index (χ1n) is 6.40. The highest BCUT2D eigenvalue weighted by Crippen LogP contribution is 2.13. The van der Waals surface area contributed by atoms with Crippen molar-refractivity contribution in [2.24, 2.45) is 11.8 Å². The molecule has 0 amide bonds. The van der Waals surface area contributed by atoms with Crippen LogP contribution in [0.15, 0.2) is 12.7 Å². The predicted molar refractivity (Wildman–Crippen MR) is 75.2 cm³/mol. The Morgan fingerprint density at radius 1 is 1.48 bits per heavy atom. The third kappa shape index (κ3) is 3.40. The second-order valence-corrected chi connectivity index (χ2v) is 4.31. The van der Waals surface area contributed by atoms with Gasteiger partial charge in [0.2, 0.25) is 11.9 Å². The molecule has 2 heterocycles. The molecule has 2 aromatic rings. The molecule has 0 spiro atoms. The zero-order chi connectivity index (χ0) is 15.2. The Balaban J connectivity index is 2.38. The van der Waals surface area contributed by atoms with Crippen molar-refractivity contribution in [2.45, 2.75) is 13.8 Å². The first kappa shape index (κ1) is 14.6. The molecule has 0 aliphatic carbocycles. The number of nitrogens with two attached hydrogens (primary N) is 1. The number of nitrogens with one attached hydrogen (secondary N) is 1. The smallest absolute Gasteiger partial charge is 0.258 e. The number of hydrogen-bond acceptors (Lipinski definition) is 9. The average Bonchev–Trinajstić information content (AvgIpc) is 3.06. The van der Waals surface area contributed by atoms with E-state index in [0.717, 1.165) is 0 Å². The van der Waals surface area contributed by atoms with Gasteiger partial charge in [-0.2, -0.15) is 30.0 Å². The third-order valence-corrected chi connectivity index (χ3v) is 2.74. The number of nitrogens with zero attached hydrogens (tertiary/aromatic N) is 8. The van der Waals surface area contributed by atoms with Crippen molar-refractivity contribution in [1.29, 1.82) is 5.26 Å². The van der Waals surface area contributed by atoms with Crippen LogP contribution < -0.4 is 16.2 Å². The van der Waals surface area contributed by atoms with E-state index in [1.54, 1.807) is 0 Å². The van der Waals surface area contributed by atoms with Crippen molar-refractivity contribution in [3.8, 4) is 12.0 Å². The maximum Gasteiger partial charge on any atom is 0.258 e. The molecule has 2 rings (SSSR count). The first-order valence-corrected chi connectivity index (χ1v) is 6.40. The quantitative estimate of drug-likeness (QED) is 0.543. The fraction of sp³-hybridized carbons (Fsp3) is 0.455. The normalized spacial score (nSPS) is 11.7. The van der Waals surface area contributed by atoms with Gasteiger partial charge in [0.15, 0.2) is 0 Å². The molecular weight excluding hydrogens is 272 g/mol. The first-order chi connectivity index (χ1) is 10.2. The summed E-state index contributed by atoms with van der Waals surface area (Å²) in [6.07, 6.45) is 2.86. The molecule has 1 unspecified atom stereocenters. The minimum atomic E-state index is -0.147. The van der Waals surface area contributed by atoms with E-state index >= 15 is 0 Å². The second-order valence-electron chi connectivity index (χ2n) is 4.31. The summed E-state index contributed by atoms with van der Waals surface area (Å²) in [4.78, 5) is 18.4. The van der Waals surface area contributed by atoms with Crippen LogP contribution in [-0.2, 0) is 0 Å². The van der Waals surface area contributed by atoms with Crippen LogP contribution in [0.3, 0.4) is 0 Å². The minimum Gasteiger partial charge on any atom is -0.340 e. The van der Waals surface area contributed by atoms with E-state index in [-0.39, 0.29) is 11.9 Å². The summed E-state index contributed by atoms with van der Waals surface area (Å²) < 4.78 is 1.41. The van der Waals surface area contributed by atoms with Gasteiger partial charge >= 0.3 is 0 Å². The molecule has 0 bridgehead atoms. The fourth-order valence-electron chi connectivity index (χ4n) is 1.70. The highest BCUT2D eigenvalue weighted by atomic mass is 15.4. The maximum absolute atomic E-state index is 8.95. The molecule has 0 aliphatic rings. The van der Waals surface area contributed by atoms with Crippen LogP contribution in [0.4, 0.5) is 11.9 Å². The summed E-state index contributed by atoms with van der Waals surface area (Å²) in [6.45, 7) is 4.96. The lowest BCUT2D eigenvalue weighted by Gasteiger charge is -2.22.